The highest BCUT2D eigenvalue weighted by molar-refractivity contribution is 6.26. The van der Waals surface area contributed by atoms with E-state index >= 15 is 0 Å². The molecule has 0 saturated heterocycles. The van der Waals surface area contributed by atoms with Gasteiger partial charge in [0.2, 0.25) is 0 Å². The molecule has 0 aliphatic carbocycles. The zero-order valence-corrected chi connectivity index (χ0v) is 28.7. The molecule has 0 spiro atoms. The van der Waals surface area contributed by atoms with E-state index in [2.05, 4.69) is 181 Å². The molecule has 0 saturated carbocycles. The average Bonchev–Trinajstić information content (AvgIpc) is 3.82. The van der Waals surface area contributed by atoms with Crippen LogP contribution in [0.5, 0.6) is 0 Å². The van der Waals surface area contributed by atoms with Crippen LogP contribution in [0.4, 0.5) is 17.1 Å². The van der Waals surface area contributed by atoms with Gasteiger partial charge in [-0.3, -0.25) is 0 Å². The number of fused-ring (bicyclic) bond motifs is 10. The molecule has 3 heteroatoms. The predicted octanol–water partition coefficient (Wildman–Crippen LogP) is 14.6. The molecule has 0 amide bonds. The molecule has 0 N–H and O–H groups in total. The summed E-state index contributed by atoms with van der Waals surface area (Å²) in [6, 6.07) is 66.6. The maximum atomic E-state index is 6.87. The van der Waals surface area contributed by atoms with Crippen molar-refractivity contribution >= 4 is 82.5 Å². The molecule has 2 aromatic heterocycles. The van der Waals surface area contributed by atoms with Crippen molar-refractivity contribution in [1.29, 1.82) is 0 Å². The number of furan rings is 2. The first-order chi connectivity index (χ1) is 26.3. The Hall–Kier alpha value is -7.10. The highest BCUT2D eigenvalue weighted by atomic mass is 16.3. The Morgan fingerprint density at radius 1 is 0.321 bits per heavy atom. The van der Waals surface area contributed by atoms with Crippen LogP contribution in [0, 0.1) is 0 Å². The van der Waals surface area contributed by atoms with Gasteiger partial charge in [0.15, 0.2) is 11.2 Å². The quantitative estimate of drug-likeness (QED) is 0.182. The third kappa shape index (κ3) is 4.68. The average molecular weight is 678 g/mol. The van der Waals surface area contributed by atoms with Crippen molar-refractivity contribution in [3.8, 4) is 22.3 Å². The molecule has 11 rings (SSSR count). The van der Waals surface area contributed by atoms with Gasteiger partial charge in [-0.1, -0.05) is 152 Å². The molecule has 0 aliphatic heterocycles. The van der Waals surface area contributed by atoms with Crippen LogP contribution in [0.15, 0.2) is 197 Å². The lowest BCUT2D eigenvalue weighted by atomic mass is 9.98. The van der Waals surface area contributed by atoms with Gasteiger partial charge in [-0.05, 0) is 80.2 Å². The third-order valence-corrected chi connectivity index (χ3v) is 10.6. The second kappa shape index (κ2) is 11.7. The topological polar surface area (TPSA) is 29.5 Å². The Balaban J connectivity index is 1.22. The Bertz CT molecular complexity index is 3020. The minimum atomic E-state index is 0.833. The fraction of sp³-hybridized carbons (Fsp3) is 0. The first-order valence-corrected chi connectivity index (χ1v) is 18.0. The summed E-state index contributed by atoms with van der Waals surface area (Å²) in [6.45, 7) is 0. The van der Waals surface area contributed by atoms with Crippen molar-refractivity contribution < 1.29 is 8.83 Å². The minimum absolute atomic E-state index is 0.833. The van der Waals surface area contributed by atoms with Crippen molar-refractivity contribution in [2.75, 3.05) is 4.90 Å². The van der Waals surface area contributed by atoms with Crippen molar-refractivity contribution in [2.45, 2.75) is 0 Å². The van der Waals surface area contributed by atoms with Gasteiger partial charge in [-0.25, -0.2) is 0 Å². The van der Waals surface area contributed by atoms with Crippen LogP contribution in [0.3, 0.4) is 0 Å². The summed E-state index contributed by atoms with van der Waals surface area (Å²) in [6.07, 6.45) is 0. The zero-order chi connectivity index (χ0) is 34.9. The predicted molar refractivity (Wildman–Crippen MR) is 222 cm³/mol. The molecule has 0 atom stereocenters. The van der Waals surface area contributed by atoms with Crippen molar-refractivity contribution in [1.82, 2.24) is 0 Å². The summed E-state index contributed by atoms with van der Waals surface area (Å²) >= 11 is 0. The van der Waals surface area contributed by atoms with E-state index in [9.17, 15) is 0 Å². The van der Waals surface area contributed by atoms with E-state index in [1.807, 2.05) is 12.1 Å². The van der Waals surface area contributed by atoms with Crippen LogP contribution < -0.4 is 4.90 Å². The fourth-order valence-corrected chi connectivity index (χ4v) is 8.16. The molecule has 11 aromatic rings. The summed E-state index contributed by atoms with van der Waals surface area (Å²) in [7, 11) is 0. The largest absolute Gasteiger partial charge is 0.454 e. The van der Waals surface area contributed by atoms with Crippen molar-refractivity contribution in [3.05, 3.63) is 188 Å². The molecule has 0 unspecified atom stereocenters. The molecule has 248 valence electrons. The highest BCUT2D eigenvalue weighted by Gasteiger charge is 2.26. The van der Waals surface area contributed by atoms with Crippen LogP contribution in [0.2, 0.25) is 0 Å². The number of rotatable bonds is 5. The van der Waals surface area contributed by atoms with Crippen LogP contribution in [-0.4, -0.2) is 0 Å². The number of nitrogens with zero attached hydrogens (tertiary/aromatic N) is 1. The molecule has 3 nitrogen and oxygen atoms in total. The van der Waals surface area contributed by atoms with Gasteiger partial charge in [0.05, 0.1) is 11.4 Å². The van der Waals surface area contributed by atoms with Crippen LogP contribution in [0.25, 0.3) is 87.7 Å². The Morgan fingerprint density at radius 2 is 0.755 bits per heavy atom. The SMILES string of the molecule is c1ccc(-c2ccc(-c3cccc(N(c4cc5ccccc5c5c4oc4ccccc45)c4cc5ccccc5c5c4oc4ccccc45)c3)cc2)cc1. The second-order valence-electron chi connectivity index (χ2n) is 13.7. The molecular formula is C50H31NO2. The van der Waals surface area contributed by atoms with E-state index in [0.717, 1.165) is 93.6 Å². The number of para-hydroxylation sites is 2. The van der Waals surface area contributed by atoms with Crippen molar-refractivity contribution in [3.63, 3.8) is 0 Å². The van der Waals surface area contributed by atoms with Gasteiger partial charge in [0, 0.05) is 27.2 Å². The van der Waals surface area contributed by atoms with Gasteiger partial charge in [0.25, 0.3) is 0 Å². The summed E-state index contributed by atoms with van der Waals surface area (Å²) in [5, 5.41) is 9.01. The number of hydrogen-bond acceptors (Lipinski definition) is 3. The maximum absolute atomic E-state index is 6.87. The normalized spacial score (nSPS) is 11.8. The van der Waals surface area contributed by atoms with Gasteiger partial charge in [-0.2, -0.15) is 0 Å². The highest BCUT2D eigenvalue weighted by Crippen LogP contribution is 2.50. The van der Waals surface area contributed by atoms with Gasteiger partial charge >= 0.3 is 0 Å². The van der Waals surface area contributed by atoms with Gasteiger partial charge in [0.1, 0.15) is 11.2 Å². The minimum Gasteiger partial charge on any atom is -0.454 e. The number of hydrogen-bond donors (Lipinski definition) is 0. The van der Waals surface area contributed by atoms with Crippen LogP contribution in [-0.2, 0) is 0 Å². The summed E-state index contributed by atoms with van der Waals surface area (Å²) in [4.78, 5) is 2.34. The Morgan fingerprint density at radius 3 is 1.32 bits per heavy atom. The first-order valence-electron chi connectivity index (χ1n) is 18.0. The first kappa shape index (κ1) is 29.6. The molecule has 0 radical (unpaired) electrons. The molecule has 0 aliphatic rings. The van der Waals surface area contributed by atoms with E-state index in [-0.39, 0.29) is 0 Å². The van der Waals surface area contributed by atoms with E-state index < -0.39 is 0 Å². The Kier molecular flexibility index (Phi) is 6.55. The number of anilines is 3. The molecular weight excluding hydrogens is 647 g/mol. The third-order valence-electron chi connectivity index (χ3n) is 10.6. The Labute approximate surface area is 305 Å². The summed E-state index contributed by atoms with van der Waals surface area (Å²) < 4.78 is 13.7. The van der Waals surface area contributed by atoms with Gasteiger partial charge in [-0.15, -0.1) is 0 Å². The molecule has 53 heavy (non-hydrogen) atoms. The van der Waals surface area contributed by atoms with E-state index in [4.69, 9.17) is 8.83 Å². The molecule has 9 aromatic carbocycles. The van der Waals surface area contributed by atoms with E-state index in [1.165, 1.54) is 11.1 Å². The van der Waals surface area contributed by atoms with Gasteiger partial charge < -0.3 is 13.7 Å². The van der Waals surface area contributed by atoms with Crippen LogP contribution in [0.1, 0.15) is 0 Å². The summed E-state index contributed by atoms with van der Waals surface area (Å²) in [5.74, 6) is 0. The lowest BCUT2D eigenvalue weighted by molar-refractivity contribution is 0.666. The zero-order valence-electron chi connectivity index (χ0n) is 28.7. The second-order valence-corrected chi connectivity index (χ2v) is 13.7. The van der Waals surface area contributed by atoms with Crippen molar-refractivity contribution in [2.24, 2.45) is 0 Å². The standard InChI is InChI=1S/C50H31NO2/c1-2-13-32(14-3-1)33-25-27-34(28-26-33)35-17-12-18-38(29-35)51(43-30-36-15-4-6-19-39(36)47-41-21-8-10-23-45(41)52-49(43)47)44-31-37-16-5-7-20-40(37)48-42-22-9-11-24-46(42)53-50(44)48/h1-31H. The lowest BCUT2D eigenvalue weighted by Gasteiger charge is -2.27. The molecule has 0 fully saturated rings. The molecule has 2 heterocycles. The molecule has 0 bridgehead atoms. The smallest absolute Gasteiger partial charge is 0.160 e. The van der Waals surface area contributed by atoms with E-state index in [0.29, 0.717) is 0 Å². The summed E-state index contributed by atoms with van der Waals surface area (Å²) in [5.41, 5.74) is 11.0. The van der Waals surface area contributed by atoms with E-state index in [1.54, 1.807) is 0 Å². The lowest BCUT2D eigenvalue weighted by Crippen LogP contribution is -2.11. The maximum Gasteiger partial charge on any atom is 0.160 e. The van der Waals surface area contributed by atoms with Crippen LogP contribution >= 0.6 is 0 Å². The monoisotopic (exact) mass is 677 g/mol. The number of benzene rings is 9. The fourth-order valence-electron chi connectivity index (χ4n) is 8.16.